The van der Waals surface area contributed by atoms with Crippen LogP contribution in [-0.4, -0.2) is 70.9 Å². The van der Waals surface area contributed by atoms with E-state index in [0.29, 0.717) is 31.7 Å². The van der Waals surface area contributed by atoms with Crippen LogP contribution >= 0.6 is 0 Å². The second-order valence-electron chi connectivity index (χ2n) is 9.33. The van der Waals surface area contributed by atoms with Gasteiger partial charge in [-0.3, -0.25) is 14.3 Å². The van der Waals surface area contributed by atoms with E-state index in [2.05, 4.69) is 20.8 Å². The number of aromatic nitrogens is 4. The number of anilines is 1. The van der Waals surface area contributed by atoms with E-state index >= 15 is 0 Å². The molecule has 1 aliphatic rings. The van der Waals surface area contributed by atoms with Gasteiger partial charge in [0.25, 0.3) is 0 Å². The molecule has 1 amide bonds. The normalized spacial score (nSPS) is 16.8. The number of halogens is 3. The Morgan fingerprint density at radius 2 is 1.90 bits per heavy atom. The van der Waals surface area contributed by atoms with Crippen molar-refractivity contribution in [2.75, 3.05) is 39.2 Å². The van der Waals surface area contributed by atoms with E-state index in [4.69, 9.17) is 9.57 Å². The van der Waals surface area contributed by atoms with Gasteiger partial charge in [0.1, 0.15) is 23.4 Å². The van der Waals surface area contributed by atoms with Gasteiger partial charge in [-0.15, -0.1) is 0 Å². The predicted octanol–water partition coefficient (Wildman–Crippen LogP) is 3.78. The lowest BCUT2D eigenvalue weighted by Gasteiger charge is -2.17. The van der Waals surface area contributed by atoms with Crippen LogP contribution < -0.4 is 10.6 Å². The Labute approximate surface area is 235 Å². The van der Waals surface area contributed by atoms with Crippen LogP contribution in [0.25, 0.3) is 16.9 Å². The van der Waals surface area contributed by atoms with E-state index in [1.54, 1.807) is 39.9 Å². The molecular formula is C28H32F3N7O3. The van der Waals surface area contributed by atoms with Crippen molar-refractivity contribution in [1.29, 1.82) is 0 Å². The molecule has 0 bridgehead atoms. The van der Waals surface area contributed by atoms with Gasteiger partial charge < -0.3 is 15.4 Å². The Morgan fingerprint density at radius 3 is 2.51 bits per heavy atom. The van der Waals surface area contributed by atoms with Crippen LogP contribution in [0.3, 0.4) is 0 Å². The van der Waals surface area contributed by atoms with Gasteiger partial charge in [-0.05, 0) is 48.9 Å². The largest absolute Gasteiger partial charge is 0.383 e. The molecule has 0 radical (unpaired) electrons. The highest BCUT2D eigenvalue weighted by molar-refractivity contribution is 5.69. The van der Waals surface area contributed by atoms with E-state index in [0.717, 1.165) is 40.5 Å². The van der Waals surface area contributed by atoms with E-state index in [1.807, 2.05) is 27.2 Å². The Kier molecular flexibility index (Phi) is 9.76. The Bertz CT molecular complexity index is 1460. The number of nitrogens with one attached hydrogen (secondary N) is 2. The molecule has 218 valence electrons. The molecule has 0 aliphatic carbocycles. The standard InChI is InChI=1S/C15H16FN5.C13H16F2N2O3/c1-10-14(11-8-18-20(3)9-11)19-21(15(10)17-2)13-6-4-12(16)5-7-13;1-19-5-4-17-7-12(16-8-18)13(20-17)9-2-3-10(14)11(15)6-9/h4-9,17H,1-3H3;2-3,6,8,12-13H,4-5,7H2,1H3,(H,16,18)/t;12-,13+/m.1/s1. The first-order valence-electron chi connectivity index (χ1n) is 12.8. The molecule has 0 unspecified atom stereocenters. The van der Waals surface area contributed by atoms with Crippen molar-refractivity contribution in [3.63, 3.8) is 0 Å². The molecule has 2 aromatic carbocycles. The number of hydrogen-bond acceptors (Lipinski definition) is 7. The van der Waals surface area contributed by atoms with Crippen molar-refractivity contribution < 1.29 is 27.5 Å². The number of carbonyl (C=O) groups is 1. The monoisotopic (exact) mass is 571 g/mol. The van der Waals surface area contributed by atoms with Crippen LogP contribution in [0.5, 0.6) is 0 Å². The average Bonchev–Trinajstić information content (AvgIpc) is 3.66. The maximum absolute atomic E-state index is 13.3. The molecule has 3 heterocycles. The van der Waals surface area contributed by atoms with Crippen molar-refractivity contribution in [2.24, 2.45) is 7.05 Å². The number of nitrogens with zero attached hydrogens (tertiary/aromatic N) is 5. The summed E-state index contributed by atoms with van der Waals surface area (Å²) >= 11 is 0. The summed E-state index contributed by atoms with van der Waals surface area (Å²) in [6, 6.07) is 9.51. The fraction of sp³-hybridized carbons (Fsp3) is 0.321. The van der Waals surface area contributed by atoms with E-state index in [9.17, 15) is 18.0 Å². The van der Waals surface area contributed by atoms with Crippen molar-refractivity contribution >= 4 is 12.2 Å². The van der Waals surface area contributed by atoms with Gasteiger partial charge >= 0.3 is 0 Å². The van der Waals surface area contributed by atoms with Crippen LogP contribution in [0.2, 0.25) is 0 Å². The molecule has 0 spiro atoms. The third kappa shape index (κ3) is 6.93. The SMILES string of the molecule is CNc1c(C)c(-c2cnn(C)c2)nn1-c1ccc(F)cc1.COCCN1C[C@@H](NC=O)[C@H](c2ccc(F)c(F)c2)O1. The van der Waals surface area contributed by atoms with Gasteiger partial charge in [0, 0.05) is 51.6 Å². The smallest absolute Gasteiger partial charge is 0.207 e. The number of carbonyl (C=O) groups excluding carboxylic acids is 1. The summed E-state index contributed by atoms with van der Waals surface area (Å²) in [6.45, 7) is 3.44. The van der Waals surface area contributed by atoms with E-state index < -0.39 is 17.7 Å². The number of hydrogen-bond donors (Lipinski definition) is 2. The number of ether oxygens (including phenoxy) is 1. The summed E-state index contributed by atoms with van der Waals surface area (Å²) in [5, 5.41) is 16.2. The topological polar surface area (TPSA) is 98.5 Å². The van der Waals surface area contributed by atoms with Gasteiger partial charge in [-0.25, -0.2) is 17.9 Å². The van der Waals surface area contributed by atoms with E-state index in [-0.39, 0.29) is 11.9 Å². The summed E-state index contributed by atoms with van der Waals surface area (Å²) in [5.74, 6) is -1.24. The second-order valence-corrected chi connectivity index (χ2v) is 9.33. The van der Waals surface area contributed by atoms with E-state index in [1.165, 1.54) is 18.2 Å². The third-order valence-corrected chi connectivity index (χ3v) is 6.54. The minimum absolute atomic E-state index is 0.263. The van der Waals surface area contributed by atoms with Crippen LogP contribution in [0.1, 0.15) is 17.2 Å². The summed E-state index contributed by atoms with van der Waals surface area (Å²) in [5.41, 5.74) is 4.11. The zero-order chi connectivity index (χ0) is 29.5. The summed E-state index contributed by atoms with van der Waals surface area (Å²) in [6.07, 6.45) is 3.72. The molecule has 1 saturated heterocycles. The number of hydroxylamine groups is 2. The summed E-state index contributed by atoms with van der Waals surface area (Å²) < 4.78 is 47.8. The van der Waals surface area contributed by atoms with Gasteiger partial charge in [-0.2, -0.15) is 15.3 Å². The molecular weight excluding hydrogens is 539 g/mol. The Balaban J connectivity index is 0.000000189. The first-order chi connectivity index (χ1) is 19.7. The highest BCUT2D eigenvalue weighted by atomic mass is 19.2. The number of aryl methyl sites for hydroxylation is 1. The minimum atomic E-state index is -0.939. The highest BCUT2D eigenvalue weighted by Gasteiger charge is 2.35. The molecule has 2 aromatic heterocycles. The fourth-order valence-corrected chi connectivity index (χ4v) is 4.52. The summed E-state index contributed by atoms with van der Waals surface area (Å²) in [7, 11) is 5.29. The molecule has 1 fully saturated rings. The first kappa shape index (κ1) is 29.8. The fourth-order valence-electron chi connectivity index (χ4n) is 4.52. The van der Waals surface area contributed by atoms with Crippen molar-refractivity contribution in [2.45, 2.75) is 19.1 Å². The van der Waals surface area contributed by atoms with Crippen LogP contribution in [-0.2, 0) is 21.4 Å². The van der Waals surface area contributed by atoms with Crippen molar-refractivity contribution in [1.82, 2.24) is 29.9 Å². The van der Waals surface area contributed by atoms with Gasteiger partial charge in [0.2, 0.25) is 6.41 Å². The first-order valence-corrected chi connectivity index (χ1v) is 12.8. The lowest BCUT2D eigenvalue weighted by molar-refractivity contribution is -0.154. The molecule has 10 nitrogen and oxygen atoms in total. The molecule has 2 atom stereocenters. The maximum atomic E-state index is 13.3. The Morgan fingerprint density at radius 1 is 1.15 bits per heavy atom. The number of benzene rings is 2. The highest BCUT2D eigenvalue weighted by Crippen LogP contribution is 2.31. The van der Waals surface area contributed by atoms with Crippen LogP contribution in [0, 0.1) is 24.4 Å². The minimum Gasteiger partial charge on any atom is -0.383 e. The quantitative estimate of drug-likeness (QED) is 0.295. The number of rotatable bonds is 9. The third-order valence-electron chi connectivity index (χ3n) is 6.54. The van der Waals surface area contributed by atoms with Gasteiger partial charge in [0.05, 0.1) is 24.5 Å². The lowest BCUT2D eigenvalue weighted by atomic mass is 10.0. The second kappa shape index (κ2) is 13.4. The predicted molar refractivity (Wildman–Crippen MR) is 147 cm³/mol. The van der Waals surface area contributed by atoms with Crippen LogP contribution in [0.4, 0.5) is 19.0 Å². The van der Waals surface area contributed by atoms with Gasteiger partial charge in [0.15, 0.2) is 11.6 Å². The maximum Gasteiger partial charge on any atom is 0.207 e. The zero-order valence-corrected chi connectivity index (χ0v) is 23.1. The average molecular weight is 572 g/mol. The van der Waals surface area contributed by atoms with Gasteiger partial charge in [-0.1, -0.05) is 6.07 Å². The zero-order valence-electron chi connectivity index (χ0n) is 23.1. The lowest BCUT2D eigenvalue weighted by Crippen LogP contribution is -2.35. The molecule has 13 heteroatoms. The number of methoxy groups -OCH3 is 1. The Hall–Kier alpha value is -4.20. The molecule has 1 aliphatic heterocycles. The molecule has 4 aromatic rings. The molecule has 5 rings (SSSR count). The molecule has 0 saturated carbocycles. The summed E-state index contributed by atoms with van der Waals surface area (Å²) in [4.78, 5) is 16.3. The molecule has 2 N–H and O–H groups in total. The number of amides is 1. The van der Waals surface area contributed by atoms with Crippen molar-refractivity contribution in [3.8, 4) is 16.9 Å². The van der Waals surface area contributed by atoms with Crippen molar-refractivity contribution in [3.05, 3.63) is 83.4 Å². The van der Waals surface area contributed by atoms with Crippen LogP contribution in [0.15, 0.2) is 54.9 Å². The molecule has 41 heavy (non-hydrogen) atoms.